The number of carbonyl (C=O) groups excluding carboxylic acids is 3. The van der Waals surface area contributed by atoms with Gasteiger partial charge in [-0.15, -0.1) is 19.0 Å². The average Bonchev–Trinajstić information content (AvgIpc) is 3.28. The summed E-state index contributed by atoms with van der Waals surface area (Å²) in [4.78, 5) is 43.2. The minimum atomic E-state index is -0.357. The fourth-order valence-electron chi connectivity index (χ4n) is 4.17. The normalized spacial score (nSPS) is 22.2. The molecule has 0 aliphatic carbocycles. The smallest absolute Gasteiger partial charge is 0.261 e. The standard InChI is InChI=1S/C20H24N4O3.ClH/c1-2-8-24-19(26)16-4-3-14(12-17(16)20(24)27)18(25)23-9-5-15(13-23)22-10-6-21-7-11-22;/h2-4,12,15,21H,1,5-11,13H2;1H. The van der Waals surface area contributed by atoms with Crippen LogP contribution in [0.3, 0.4) is 0 Å². The van der Waals surface area contributed by atoms with E-state index in [1.807, 2.05) is 4.90 Å². The Bertz CT molecular complexity index is 807. The predicted molar refractivity (Wildman–Crippen MR) is 108 cm³/mol. The molecule has 150 valence electrons. The van der Waals surface area contributed by atoms with E-state index < -0.39 is 0 Å². The lowest BCUT2D eigenvalue weighted by Crippen LogP contribution is -2.49. The van der Waals surface area contributed by atoms with Gasteiger partial charge in [0.2, 0.25) is 0 Å². The van der Waals surface area contributed by atoms with Gasteiger partial charge in [-0.1, -0.05) is 6.08 Å². The maximum atomic E-state index is 12.9. The molecule has 28 heavy (non-hydrogen) atoms. The zero-order valence-electron chi connectivity index (χ0n) is 15.7. The third-order valence-electron chi connectivity index (χ3n) is 5.65. The van der Waals surface area contributed by atoms with Crippen LogP contribution in [0.15, 0.2) is 30.9 Å². The number of hydrogen-bond donors (Lipinski definition) is 1. The number of piperazine rings is 1. The zero-order chi connectivity index (χ0) is 19.0. The third kappa shape index (κ3) is 3.57. The van der Waals surface area contributed by atoms with E-state index in [4.69, 9.17) is 0 Å². The minimum absolute atomic E-state index is 0. The number of likely N-dealkylation sites (tertiary alicyclic amines) is 1. The van der Waals surface area contributed by atoms with Crippen molar-refractivity contribution in [3.8, 4) is 0 Å². The molecule has 4 rings (SSSR count). The first-order valence-electron chi connectivity index (χ1n) is 9.45. The number of amides is 3. The van der Waals surface area contributed by atoms with Crippen molar-refractivity contribution >= 4 is 30.1 Å². The summed E-state index contributed by atoms with van der Waals surface area (Å²) < 4.78 is 0. The fraction of sp³-hybridized carbons (Fsp3) is 0.450. The highest BCUT2D eigenvalue weighted by atomic mass is 35.5. The number of benzene rings is 1. The van der Waals surface area contributed by atoms with Gasteiger partial charge in [0.1, 0.15) is 0 Å². The fourth-order valence-corrected chi connectivity index (χ4v) is 4.17. The molecular formula is C20H25ClN4O3. The number of imide groups is 1. The Kier molecular flexibility index (Phi) is 6.17. The first-order valence-corrected chi connectivity index (χ1v) is 9.45. The van der Waals surface area contributed by atoms with E-state index in [2.05, 4.69) is 16.8 Å². The summed E-state index contributed by atoms with van der Waals surface area (Å²) in [6, 6.07) is 5.22. The van der Waals surface area contributed by atoms with Crippen molar-refractivity contribution in [3.63, 3.8) is 0 Å². The predicted octanol–water partition coefficient (Wildman–Crippen LogP) is 1.01. The van der Waals surface area contributed by atoms with Gasteiger partial charge in [-0.3, -0.25) is 24.2 Å². The van der Waals surface area contributed by atoms with Crippen molar-refractivity contribution in [2.45, 2.75) is 12.5 Å². The Labute approximate surface area is 170 Å². The Morgan fingerprint density at radius 3 is 2.57 bits per heavy atom. The maximum absolute atomic E-state index is 12.9. The Balaban J connectivity index is 0.00000225. The summed E-state index contributed by atoms with van der Waals surface area (Å²) in [5, 5.41) is 3.35. The molecule has 2 saturated heterocycles. The van der Waals surface area contributed by atoms with Crippen molar-refractivity contribution in [3.05, 3.63) is 47.5 Å². The van der Waals surface area contributed by atoms with Crippen LogP contribution in [-0.2, 0) is 0 Å². The molecule has 1 N–H and O–H groups in total. The van der Waals surface area contributed by atoms with Gasteiger partial charge in [0, 0.05) is 57.4 Å². The van der Waals surface area contributed by atoms with E-state index in [9.17, 15) is 14.4 Å². The van der Waals surface area contributed by atoms with Crippen molar-refractivity contribution in [2.75, 3.05) is 45.8 Å². The number of fused-ring (bicyclic) bond motifs is 1. The highest BCUT2D eigenvalue weighted by molar-refractivity contribution is 6.22. The van der Waals surface area contributed by atoms with Crippen molar-refractivity contribution in [1.82, 2.24) is 20.0 Å². The van der Waals surface area contributed by atoms with Gasteiger partial charge in [-0.05, 0) is 24.6 Å². The molecule has 1 aromatic carbocycles. The van der Waals surface area contributed by atoms with Gasteiger partial charge in [-0.25, -0.2) is 0 Å². The second-order valence-corrected chi connectivity index (χ2v) is 7.25. The first kappa shape index (κ1) is 20.5. The van der Waals surface area contributed by atoms with Gasteiger partial charge >= 0.3 is 0 Å². The van der Waals surface area contributed by atoms with E-state index in [1.54, 1.807) is 18.2 Å². The number of halogens is 1. The first-order chi connectivity index (χ1) is 13.1. The average molecular weight is 405 g/mol. The highest BCUT2D eigenvalue weighted by Gasteiger charge is 2.36. The van der Waals surface area contributed by atoms with Crippen LogP contribution in [0.5, 0.6) is 0 Å². The monoisotopic (exact) mass is 404 g/mol. The van der Waals surface area contributed by atoms with Crippen molar-refractivity contribution in [2.24, 2.45) is 0 Å². The quantitative estimate of drug-likeness (QED) is 0.599. The molecule has 0 saturated carbocycles. The molecule has 1 unspecified atom stereocenters. The molecule has 3 heterocycles. The molecule has 0 bridgehead atoms. The summed E-state index contributed by atoms with van der Waals surface area (Å²) in [7, 11) is 0. The SMILES string of the molecule is C=CCN1C(=O)c2ccc(C(=O)N3CCC(N4CCNCC4)C3)cc2C1=O.Cl. The molecule has 0 spiro atoms. The van der Waals surface area contributed by atoms with Gasteiger partial charge < -0.3 is 10.2 Å². The minimum Gasteiger partial charge on any atom is -0.337 e. The van der Waals surface area contributed by atoms with E-state index in [1.165, 1.54) is 6.08 Å². The summed E-state index contributed by atoms with van der Waals surface area (Å²) in [5.41, 5.74) is 1.14. The molecule has 3 amide bonds. The maximum Gasteiger partial charge on any atom is 0.261 e. The second kappa shape index (κ2) is 8.43. The van der Waals surface area contributed by atoms with Crippen LogP contribution < -0.4 is 5.32 Å². The number of carbonyl (C=O) groups is 3. The molecule has 3 aliphatic heterocycles. The molecule has 0 aromatic heterocycles. The van der Waals surface area contributed by atoms with E-state index in [0.29, 0.717) is 29.3 Å². The number of hydrogen-bond acceptors (Lipinski definition) is 5. The zero-order valence-corrected chi connectivity index (χ0v) is 16.5. The lowest BCUT2D eigenvalue weighted by molar-refractivity contribution is 0.0671. The molecular weight excluding hydrogens is 380 g/mol. The lowest BCUT2D eigenvalue weighted by atomic mass is 10.0. The van der Waals surface area contributed by atoms with E-state index in [0.717, 1.165) is 44.0 Å². The van der Waals surface area contributed by atoms with Gasteiger partial charge in [-0.2, -0.15) is 0 Å². The third-order valence-corrected chi connectivity index (χ3v) is 5.65. The van der Waals surface area contributed by atoms with Crippen molar-refractivity contribution < 1.29 is 14.4 Å². The van der Waals surface area contributed by atoms with Crippen molar-refractivity contribution in [1.29, 1.82) is 0 Å². The summed E-state index contributed by atoms with van der Waals surface area (Å²) in [6.07, 6.45) is 2.50. The molecule has 8 heteroatoms. The van der Waals surface area contributed by atoms with Crippen LogP contribution in [0.4, 0.5) is 0 Å². The van der Waals surface area contributed by atoms with Crippen LogP contribution in [-0.4, -0.2) is 84.3 Å². The largest absolute Gasteiger partial charge is 0.337 e. The van der Waals surface area contributed by atoms with Gasteiger partial charge in [0.25, 0.3) is 17.7 Å². The summed E-state index contributed by atoms with van der Waals surface area (Å²) >= 11 is 0. The highest BCUT2D eigenvalue weighted by Crippen LogP contribution is 2.25. The lowest BCUT2D eigenvalue weighted by Gasteiger charge is -2.32. The van der Waals surface area contributed by atoms with Crippen LogP contribution in [0, 0.1) is 0 Å². The Morgan fingerprint density at radius 1 is 1.14 bits per heavy atom. The topological polar surface area (TPSA) is 73.0 Å². The molecule has 2 fully saturated rings. The van der Waals surface area contributed by atoms with Gasteiger partial charge in [0.05, 0.1) is 11.1 Å². The van der Waals surface area contributed by atoms with Crippen LogP contribution in [0.2, 0.25) is 0 Å². The molecule has 0 radical (unpaired) electrons. The van der Waals surface area contributed by atoms with E-state index >= 15 is 0 Å². The molecule has 7 nitrogen and oxygen atoms in total. The van der Waals surface area contributed by atoms with Gasteiger partial charge in [0.15, 0.2) is 0 Å². The number of nitrogens with one attached hydrogen (secondary N) is 1. The van der Waals surface area contributed by atoms with Crippen LogP contribution >= 0.6 is 12.4 Å². The summed E-state index contributed by atoms with van der Waals surface area (Å²) in [5.74, 6) is -0.753. The molecule has 3 aliphatic rings. The Morgan fingerprint density at radius 2 is 1.86 bits per heavy atom. The molecule has 1 atom stereocenters. The number of rotatable bonds is 4. The van der Waals surface area contributed by atoms with Crippen LogP contribution in [0.1, 0.15) is 37.5 Å². The van der Waals surface area contributed by atoms with Crippen LogP contribution in [0.25, 0.3) is 0 Å². The summed E-state index contributed by atoms with van der Waals surface area (Å²) in [6.45, 7) is 9.21. The second-order valence-electron chi connectivity index (χ2n) is 7.25. The van der Waals surface area contributed by atoms with E-state index in [-0.39, 0.29) is 36.7 Å². The Hall–Kier alpha value is -2.22. The molecule has 1 aromatic rings. The number of nitrogens with zero attached hydrogens (tertiary/aromatic N) is 3.